The number of rotatable bonds is 0. The van der Waals surface area contributed by atoms with E-state index in [1.54, 1.807) is 0 Å². The molecule has 9 heteroatoms. The van der Waals surface area contributed by atoms with Gasteiger partial charge in [0.25, 0.3) is 0 Å². The van der Waals surface area contributed by atoms with Gasteiger partial charge in [0, 0.05) is 38.8 Å². The van der Waals surface area contributed by atoms with Crippen molar-refractivity contribution in [3.63, 3.8) is 0 Å². The number of aromatic nitrogens is 4. The van der Waals surface area contributed by atoms with Crippen LogP contribution < -0.4 is 0 Å². The van der Waals surface area contributed by atoms with Crippen LogP contribution in [-0.2, 0) is 28.1 Å². The minimum atomic E-state index is -2.86. The molecule has 3 N–H and O–H groups in total. The number of nitrogens with zero attached hydrogens (tertiary/aromatic N) is 2. The summed E-state index contributed by atoms with van der Waals surface area (Å²) in [5.41, 5.74) is 7.86. The summed E-state index contributed by atoms with van der Waals surface area (Å²) in [5, 5.41) is 0. The van der Waals surface area contributed by atoms with Crippen LogP contribution in [-0.4, -0.2) is 33.3 Å². The van der Waals surface area contributed by atoms with E-state index in [1.165, 1.54) is 0 Å². The first-order valence-corrected chi connectivity index (χ1v) is 9.39. The average Bonchev–Trinajstić information content (AvgIpc) is 3.39. The van der Waals surface area contributed by atoms with E-state index in [9.17, 15) is 0 Å². The maximum Gasteiger partial charge on any atom is 0.0814 e. The number of hydrogen-bond donors (Lipinski definition) is 3. The van der Waals surface area contributed by atoms with Gasteiger partial charge < -0.3 is 19.1 Å². The maximum absolute atomic E-state index is 8.56. The van der Waals surface area contributed by atoms with E-state index >= 15 is 0 Å². The third kappa shape index (κ3) is 5.59. The van der Waals surface area contributed by atoms with Crippen molar-refractivity contribution in [1.82, 2.24) is 19.9 Å². The van der Waals surface area contributed by atoms with Gasteiger partial charge in [-0.2, -0.15) is 0 Å². The van der Waals surface area contributed by atoms with Crippen molar-refractivity contribution in [2.75, 3.05) is 0 Å². The predicted octanol–water partition coefficient (Wildman–Crippen LogP) is 3.99. The van der Waals surface area contributed by atoms with Crippen molar-refractivity contribution in [2.45, 2.75) is 0 Å². The van der Waals surface area contributed by atoms with Crippen LogP contribution in [0.25, 0.3) is 46.4 Å². The van der Waals surface area contributed by atoms with Crippen LogP contribution in [0.1, 0.15) is 22.8 Å². The van der Waals surface area contributed by atoms with Gasteiger partial charge >= 0.3 is 0 Å². The molecule has 0 spiro atoms. The van der Waals surface area contributed by atoms with Crippen molar-refractivity contribution in [1.29, 1.82) is 0 Å². The molecule has 0 fully saturated rings. The molecule has 2 aliphatic rings. The molecule has 5 rings (SSSR count). The Bertz CT molecular complexity index is 1180. The van der Waals surface area contributed by atoms with E-state index < -0.39 is 11.4 Å². The number of hydrogen-bond acceptors (Lipinski definition) is 4. The molecule has 1 radical (unpaired) electrons. The molecule has 0 aliphatic carbocycles. The molecule has 149 valence electrons. The van der Waals surface area contributed by atoms with Gasteiger partial charge in [0.15, 0.2) is 0 Å². The van der Waals surface area contributed by atoms with Crippen molar-refractivity contribution in [3.05, 3.63) is 71.3 Å². The Morgan fingerprint density at radius 3 is 1.38 bits per heavy atom. The van der Waals surface area contributed by atoms with Gasteiger partial charge in [-0.15, -0.1) is 0 Å². The van der Waals surface area contributed by atoms with Crippen molar-refractivity contribution in [2.24, 2.45) is 0 Å². The SMILES string of the molecule is C1=Cc2cc3ccc(cc4ccc(cc5nc(cc1n2)C=C5)[nH]4)[nH]3.O=S([O-])O.[Co]. The maximum atomic E-state index is 8.56. The summed E-state index contributed by atoms with van der Waals surface area (Å²) in [7, 11) is 0. The van der Waals surface area contributed by atoms with Crippen LogP contribution in [0.3, 0.4) is 0 Å². The monoisotopic (exact) mass is 450 g/mol. The summed E-state index contributed by atoms with van der Waals surface area (Å²) in [6.07, 6.45) is 8.05. The molecular formula is C20H15CoN4O3S-. The second-order valence-electron chi connectivity index (χ2n) is 6.12. The molecule has 2 aliphatic heterocycles. The van der Waals surface area contributed by atoms with Gasteiger partial charge in [0.1, 0.15) is 0 Å². The second kappa shape index (κ2) is 9.12. The Balaban J connectivity index is 0.000000443. The fourth-order valence-electron chi connectivity index (χ4n) is 2.94. The fourth-order valence-corrected chi connectivity index (χ4v) is 2.94. The summed E-state index contributed by atoms with van der Waals surface area (Å²) in [6.45, 7) is 0. The quantitative estimate of drug-likeness (QED) is 0.309. The molecule has 0 aromatic carbocycles. The molecular weight excluding hydrogens is 435 g/mol. The van der Waals surface area contributed by atoms with E-state index in [4.69, 9.17) is 13.3 Å². The minimum absolute atomic E-state index is 0. The first-order valence-electron chi connectivity index (χ1n) is 8.36. The second-order valence-corrected chi connectivity index (χ2v) is 6.56. The summed E-state index contributed by atoms with van der Waals surface area (Å²) in [6, 6.07) is 16.4. The molecule has 3 aromatic rings. The number of nitrogens with one attached hydrogen (secondary N) is 2. The molecule has 1 unspecified atom stereocenters. The molecule has 1 atom stereocenters. The molecule has 3 aromatic heterocycles. The van der Waals surface area contributed by atoms with Gasteiger partial charge in [-0.05, 0) is 72.8 Å². The fraction of sp³-hybridized carbons (Fsp3) is 0. The summed E-state index contributed by atoms with van der Waals surface area (Å²) in [4.78, 5) is 16.0. The van der Waals surface area contributed by atoms with E-state index in [0.29, 0.717) is 0 Å². The Hall–Kier alpha value is -2.82. The van der Waals surface area contributed by atoms with Gasteiger partial charge in [-0.25, -0.2) is 14.2 Å². The Morgan fingerprint density at radius 2 is 1.00 bits per heavy atom. The van der Waals surface area contributed by atoms with Crippen LogP contribution in [0.5, 0.6) is 0 Å². The molecule has 29 heavy (non-hydrogen) atoms. The molecule has 0 amide bonds. The Morgan fingerprint density at radius 1 is 0.690 bits per heavy atom. The van der Waals surface area contributed by atoms with E-state index in [1.807, 2.05) is 42.5 Å². The third-order valence-corrected chi connectivity index (χ3v) is 4.04. The first kappa shape index (κ1) is 20.9. The number of aromatic amines is 2. The van der Waals surface area contributed by atoms with E-state index in [2.05, 4.69) is 50.3 Å². The van der Waals surface area contributed by atoms with Crippen LogP contribution >= 0.6 is 0 Å². The van der Waals surface area contributed by atoms with Crippen molar-refractivity contribution in [3.8, 4) is 0 Å². The van der Waals surface area contributed by atoms with E-state index in [-0.39, 0.29) is 16.8 Å². The zero-order valence-corrected chi connectivity index (χ0v) is 16.7. The van der Waals surface area contributed by atoms with Crippen LogP contribution in [0.4, 0.5) is 0 Å². The third-order valence-electron chi connectivity index (χ3n) is 4.04. The molecule has 7 nitrogen and oxygen atoms in total. The van der Waals surface area contributed by atoms with Crippen LogP contribution in [0.2, 0.25) is 0 Å². The summed E-state index contributed by atoms with van der Waals surface area (Å²) in [5.74, 6) is 0. The Kier molecular flexibility index (Phi) is 6.57. The molecule has 0 saturated heterocycles. The van der Waals surface area contributed by atoms with Crippen LogP contribution in [0.15, 0.2) is 48.5 Å². The standard InChI is InChI=1S/C20H14N4.Co.H2O3S/c1-2-14-10-16-5-6-18(23-16)12-20-8-7-19(24-20)11-17-4-3-15(22-17)9-13(1)21-14;;1-4(2)3/h1-12,21-22H;;(H2,1,2,3)/p-1. The van der Waals surface area contributed by atoms with Crippen molar-refractivity contribution < 1.29 is 30.1 Å². The average molecular weight is 450 g/mol. The number of fused-ring (bicyclic) bond motifs is 8. The zero-order chi connectivity index (χ0) is 19.5. The number of H-pyrrole nitrogens is 2. The van der Waals surface area contributed by atoms with Gasteiger partial charge in [0.2, 0.25) is 0 Å². The molecule has 0 saturated carbocycles. The largest absolute Gasteiger partial charge is 0.750 e. The summed E-state index contributed by atoms with van der Waals surface area (Å²) >= 11 is -2.86. The van der Waals surface area contributed by atoms with Gasteiger partial charge in [-0.3, -0.25) is 0 Å². The minimum Gasteiger partial charge on any atom is -0.750 e. The van der Waals surface area contributed by atoms with E-state index in [0.717, 1.165) is 44.8 Å². The summed E-state index contributed by atoms with van der Waals surface area (Å²) < 4.78 is 24.1. The Labute approximate surface area is 179 Å². The molecule has 8 bridgehead atoms. The van der Waals surface area contributed by atoms with Gasteiger partial charge in [-0.1, -0.05) is 0 Å². The first-order chi connectivity index (χ1) is 13.5. The van der Waals surface area contributed by atoms with Crippen LogP contribution in [0, 0.1) is 0 Å². The predicted molar refractivity (Wildman–Crippen MR) is 110 cm³/mol. The smallest absolute Gasteiger partial charge is 0.0814 e. The zero-order valence-electron chi connectivity index (χ0n) is 14.8. The topological polar surface area (TPSA) is 118 Å². The normalized spacial score (nSPS) is 12.6. The van der Waals surface area contributed by atoms with Gasteiger partial charge in [0.05, 0.1) is 34.1 Å². The van der Waals surface area contributed by atoms with Crippen molar-refractivity contribution >= 4 is 57.7 Å². The molecule has 5 heterocycles.